The zero-order valence-electron chi connectivity index (χ0n) is 15.5. The van der Waals surface area contributed by atoms with Gasteiger partial charge in [0.1, 0.15) is 5.56 Å². The summed E-state index contributed by atoms with van der Waals surface area (Å²) in [5.74, 6) is -0.510. The zero-order chi connectivity index (χ0) is 19.4. The highest BCUT2D eigenvalue weighted by atomic mass is 16.5. The molecular weight excluding hydrogens is 344 g/mol. The fraction of sp³-hybridized carbons (Fsp3) is 0.333. The molecule has 1 N–H and O–H groups in total. The molecule has 1 aromatic heterocycles. The van der Waals surface area contributed by atoms with Gasteiger partial charge in [-0.3, -0.25) is 9.48 Å². The standard InChI is InChI=1S/C21H24N2O4/c1-15(24)13-22-16(2)19(20(25)23(22)18-11-7-4-8-12-18)21(26)27-14-17-9-5-3-6-10-17/h3-9,11-12,15,17,24H,10,13-14H2,1-2H3/t15-,17?/m0/s1. The Labute approximate surface area is 158 Å². The van der Waals surface area contributed by atoms with Crippen LogP contribution in [-0.4, -0.2) is 33.2 Å². The van der Waals surface area contributed by atoms with Crippen molar-refractivity contribution in [2.45, 2.75) is 32.9 Å². The Morgan fingerprint density at radius 2 is 2.04 bits per heavy atom. The maximum Gasteiger partial charge on any atom is 0.345 e. The second kappa shape index (κ2) is 8.22. The third kappa shape index (κ3) is 4.11. The summed E-state index contributed by atoms with van der Waals surface area (Å²) in [5.41, 5.74) is 0.678. The van der Waals surface area contributed by atoms with Crippen LogP contribution in [0.1, 0.15) is 29.4 Å². The minimum atomic E-state index is -0.673. The van der Waals surface area contributed by atoms with E-state index < -0.39 is 17.6 Å². The lowest BCUT2D eigenvalue weighted by Gasteiger charge is -2.15. The number of para-hydroxylation sites is 1. The Hall–Kier alpha value is -2.86. The van der Waals surface area contributed by atoms with E-state index in [1.54, 1.807) is 30.7 Å². The van der Waals surface area contributed by atoms with Gasteiger partial charge in [-0.15, -0.1) is 0 Å². The van der Waals surface area contributed by atoms with Gasteiger partial charge in [0, 0.05) is 5.92 Å². The van der Waals surface area contributed by atoms with Crippen molar-refractivity contribution < 1.29 is 14.6 Å². The summed E-state index contributed by atoms with van der Waals surface area (Å²) in [7, 11) is 0. The number of carbonyl (C=O) groups is 1. The molecule has 0 spiro atoms. The predicted molar refractivity (Wildman–Crippen MR) is 103 cm³/mol. The average molecular weight is 368 g/mol. The van der Waals surface area contributed by atoms with E-state index in [4.69, 9.17) is 4.74 Å². The number of hydrogen-bond donors (Lipinski definition) is 1. The van der Waals surface area contributed by atoms with Crippen LogP contribution in [0, 0.1) is 12.8 Å². The first-order valence-electron chi connectivity index (χ1n) is 9.05. The number of esters is 1. The summed E-state index contributed by atoms with van der Waals surface area (Å²) in [6, 6.07) is 9.06. The molecule has 0 aliphatic heterocycles. The molecule has 1 aromatic carbocycles. The topological polar surface area (TPSA) is 73.5 Å². The molecule has 2 aromatic rings. The van der Waals surface area contributed by atoms with E-state index in [1.165, 1.54) is 4.68 Å². The summed E-state index contributed by atoms with van der Waals surface area (Å²) < 4.78 is 8.47. The molecule has 27 heavy (non-hydrogen) atoms. The van der Waals surface area contributed by atoms with Crippen LogP contribution in [-0.2, 0) is 11.3 Å². The SMILES string of the molecule is Cc1c(C(=O)OCC2C=CC=CC2)c(=O)n(-c2ccccc2)n1C[C@H](C)O. The number of hydrogen-bond acceptors (Lipinski definition) is 4. The van der Waals surface area contributed by atoms with Crippen molar-refractivity contribution in [1.82, 2.24) is 9.36 Å². The molecule has 3 rings (SSSR count). The largest absolute Gasteiger partial charge is 0.461 e. The quantitative estimate of drug-likeness (QED) is 0.796. The van der Waals surface area contributed by atoms with E-state index in [2.05, 4.69) is 0 Å². The zero-order valence-corrected chi connectivity index (χ0v) is 15.5. The Balaban J connectivity index is 1.94. The molecule has 1 unspecified atom stereocenters. The lowest BCUT2D eigenvalue weighted by molar-refractivity contribution is 0.0462. The smallest absolute Gasteiger partial charge is 0.345 e. The van der Waals surface area contributed by atoms with Crippen molar-refractivity contribution in [3.8, 4) is 5.69 Å². The molecule has 0 bridgehead atoms. The molecule has 0 radical (unpaired) electrons. The highest BCUT2D eigenvalue weighted by molar-refractivity contribution is 5.90. The average Bonchev–Trinajstić information content (AvgIpc) is 2.91. The maximum atomic E-state index is 13.0. The molecular formula is C21H24N2O4. The van der Waals surface area contributed by atoms with Crippen LogP contribution in [0.15, 0.2) is 59.4 Å². The normalized spacial score (nSPS) is 17.1. The number of aromatic nitrogens is 2. The molecule has 0 saturated heterocycles. The van der Waals surface area contributed by atoms with Gasteiger partial charge < -0.3 is 9.84 Å². The van der Waals surface area contributed by atoms with Crippen LogP contribution in [0.3, 0.4) is 0 Å². The molecule has 6 nitrogen and oxygen atoms in total. The Kier molecular flexibility index (Phi) is 5.76. The van der Waals surface area contributed by atoms with E-state index in [0.717, 1.165) is 6.42 Å². The number of carbonyl (C=O) groups excluding carboxylic acids is 1. The molecule has 0 fully saturated rings. The van der Waals surface area contributed by atoms with E-state index in [0.29, 0.717) is 11.4 Å². The van der Waals surface area contributed by atoms with Crippen molar-refractivity contribution >= 4 is 5.97 Å². The third-order valence-electron chi connectivity index (χ3n) is 4.54. The molecule has 1 aliphatic rings. The molecule has 142 valence electrons. The van der Waals surface area contributed by atoms with Gasteiger partial charge in [-0.2, -0.15) is 0 Å². The van der Waals surface area contributed by atoms with Crippen LogP contribution >= 0.6 is 0 Å². The van der Waals surface area contributed by atoms with Gasteiger partial charge >= 0.3 is 5.97 Å². The second-order valence-corrected chi connectivity index (χ2v) is 6.75. The van der Waals surface area contributed by atoms with Crippen LogP contribution in [0.5, 0.6) is 0 Å². The highest BCUT2D eigenvalue weighted by Crippen LogP contribution is 2.16. The Morgan fingerprint density at radius 3 is 2.67 bits per heavy atom. The number of benzene rings is 1. The van der Waals surface area contributed by atoms with E-state index >= 15 is 0 Å². The Morgan fingerprint density at radius 1 is 1.30 bits per heavy atom. The third-order valence-corrected chi connectivity index (χ3v) is 4.54. The summed E-state index contributed by atoms with van der Waals surface area (Å²) in [6.07, 6.45) is 8.02. The van der Waals surface area contributed by atoms with Crippen molar-refractivity contribution in [2.24, 2.45) is 5.92 Å². The molecule has 0 saturated carbocycles. The molecule has 0 amide bonds. The molecule has 2 atom stereocenters. The van der Waals surface area contributed by atoms with E-state index in [1.807, 2.05) is 42.5 Å². The summed E-state index contributed by atoms with van der Waals surface area (Å²) in [4.78, 5) is 25.7. The van der Waals surface area contributed by atoms with E-state index in [9.17, 15) is 14.7 Å². The summed E-state index contributed by atoms with van der Waals surface area (Å²) >= 11 is 0. The monoisotopic (exact) mass is 368 g/mol. The summed E-state index contributed by atoms with van der Waals surface area (Å²) in [6.45, 7) is 3.76. The first-order valence-corrected chi connectivity index (χ1v) is 9.05. The van der Waals surface area contributed by atoms with Crippen molar-refractivity contribution in [3.05, 3.63) is 76.2 Å². The lowest BCUT2D eigenvalue weighted by atomic mass is 10.0. The molecule has 1 aliphatic carbocycles. The van der Waals surface area contributed by atoms with Crippen LogP contribution in [0.4, 0.5) is 0 Å². The first kappa shape index (κ1) is 18.9. The van der Waals surface area contributed by atoms with Crippen molar-refractivity contribution in [1.29, 1.82) is 0 Å². The number of aliphatic hydroxyl groups is 1. The predicted octanol–water partition coefficient (Wildman–Crippen LogP) is 2.62. The molecule has 1 heterocycles. The van der Waals surface area contributed by atoms with Crippen LogP contribution in [0.25, 0.3) is 5.69 Å². The van der Waals surface area contributed by atoms with Gasteiger partial charge in [0.05, 0.1) is 30.6 Å². The Bertz CT molecular complexity index is 920. The highest BCUT2D eigenvalue weighted by Gasteiger charge is 2.26. The van der Waals surface area contributed by atoms with Gasteiger partial charge in [-0.05, 0) is 32.4 Å². The van der Waals surface area contributed by atoms with E-state index in [-0.39, 0.29) is 24.6 Å². The van der Waals surface area contributed by atoms with Gasteiger partial charge in [0.25, 0.3) is 5.56 Å². The first-order chi connectivity index (χ1) is 13.0. The number of allylic oxidation sites excluding steroid dienone is 3. The number of rotatable bonds is 6. The van der Waals surface area contributed by atoms with Crippen LogP contribution < -0.4 is 5.56 Å². The fourth-order valence-electron chi connectivity index (χ4n) is 3.19. The van der Waals surface area contributed by atoms with Gasteiger partial charge in [-0.25, -0.2) is 9.48 Å². The maximum absolute atomic E-state index is 13.0. The van der Waals surface area contributed by atoms with Gasteiger partial charge in [0.15, 0.2) is 0 Å². The summed E-state index contributed by atoms with van der Waals surface area (Å²) in [5, 5.41) is 9.85. The van der Waals surface area contributed by atoms with Crippen molar-refractivity contribution in [2.75, 3.05) is 6.61 Å². The minimum absolute atomic E-state index is 0.00911. The van der Waals surface area contributed by atoms with Crippen LogP contribution in [0.2, 0.25) is 0 Å². The second-order valence-electron chi connectivity index (χ2n) is 6.75. The molecule has 6 heteroatoms. The number of aliphatic hydroxyl groups excluding tert-OH is 1. The fourth-order valence-corrected chi connectivity index (χ4v) is 3.19. The minimum Gasteiger partial charge on any atom is -0.461 e. The van der Waals surface area contributed by atoms with Crippen molar-refractivity contribution in [3.63, 3.8) is 0 Å². The van der Waals surface area contributed by atoms with Gasteiger partial charge in [-0.1, -0.05) is 42.5 Å². The lowest BCUT2D eigenvalue weighted by Crippen LogP contribution is -2.26. The number of nitrogens with zero attached hydrogens (tertiary/aromatic N) is 2. The number of ether oxygens (including phenoxy) is 1. The van der Waals surface area contributed by atoms with Gasteiger partial charge in [0.2, 0.25) is 0 Å².